The van der Waals surface area contributed by atoms with Gasteiger partial charge in [-0.2, -0.15) is 0 Å². The lowest BCUT2D eigenvalue weighted by atomic mass is 10.1. The van der Waals surface area contributed by atoms with Gasteiger partial charge in [0.25, 0.3) is 5.91 Å². The zero-order chi connectivity index (χ0) is 20.8. The summed E-state index contributed by atoms with van der Waals surface area (Å²) >= 11 is 0. The Labute approximate surface area is 166 Å². The lowest BCUT2D eigenvalue weighted by Gasteiger charge is -2.09. The molecular weight excluding hydrogens is 379 g/mol. The molecule has 0 aliphatic carbocycles. The third-order valence-electron chi connectivity index (χ3n) is 4.24. The average Bonchev–Trinajstić information content (AvgIpc) is 3.11. The molecule has 1 heterocycles. The lowest BCUT2D eigenvalue weighted by Crippen LogP contribution is -2.30. The van der Waals surface area contributed by atoms with Crippen molar-refractivity contribution in [3.8, 4) is 17.1 Å². The second-order valence-corrected chi connectivity index (χ2v) is 6.13. The number of aromatic nitrogens is 1. The topological polar surface area (TPSA) is 90.7 Å². The standard InChI is InChI=1S/C21H19FN2O5/c1-13-17(24-29-20(13)14-7-9-15(22)10-8-14)12-28-19(25)11-23-21(26)16-5-3-4-6-18(16)27-2/h3-10H,11-12H2,1-2H3,(H,23,26). The van der Waals surface area contributed by atoms with Crippen molar-refractivity contribution < 1.29 is 28.0 Å². The zero-order valence-corrected chi connectivity index (χ0v) is 15.9. The van der Waals surface area contributed by atoms with Crippen LogP contribution in [0.15, 0.2) is 53.1 Å². The van der Waals surface area contributed by atoms with Crippen LogP contribution >= 0.6 is 0 Å². The number of methoxy groups -OCH3 is 1. The van der Waals surface area contributed by atoms with E-state index in [2.05, 4.69) is 10.5 Å². The molecule has 0 bridgehead atoms. The summed E-state index contributed by atoms with van der Waals surface area (Å²) in [6.45, 7) is 1.35. The van der Waals surface area contributed by atoms with E-state index in [0.717, 1.165) is 0 Å². The van der Waals surface area contributed by atoms with Crippen LogP contribution in [-0.2, 0) is 16.1 Å². The van der Waals surface area contributed by atoms with Gasteiger partial charge in [0.1, 0.15) is 30.4 Å². The van der Waals surface area contributed by atoms with Gasteiger partial charge in [-0.1, -0.05) is 17.3 Å². The van der Waals surface area contributed by atoms with Crippen LogP contribution in [0.1, 0.15) is 21.6 Å². The van der Waals surface area contributed by atoms with E-state index in [0.29, 0.717) is 33.9 Å². The molecule has 7 nitrogen and oxygen atoms in total. The summed E-state index contributed by atoms with van der Waals surface area (Å²) in [7, 11) is 1.46. The predicted molar refractivity (Wildman–Crippen MR) is 102 cm³/mol. The molecule has 2 aromatic carbocycles. The molecule has 150 valence electrons. The summed E-state index contributed by atoms with van der Waals surface area (Å²) in [5, 5.41) is 6.39. The Morgan fingerprint density at radius 2 is 1.86 bits per heavy atom. The maximum atomic E-state index is 13.1. The SMILES string of the molecule is COc1ccccc1C(=O)NCC(=O)OCc1noc(-c2ccc(F)cc2)c1C. The molecule has 3 rings (SSSR count). The van der Waals surface area contributed by atoms with Gasteiger partial charge in [0.2, 0.25) is 0 Å². The molecule has 0 aliphatic heterocycles. The second kappa shape index (κ2) is 9.01. The maximum Gasteiger partial charge on any atom is 0.325 e. The van der Waals surface area contributed by atoms with E-state index in [1.54, 1.807) is 43.3 Å². The van der Waals surface area contributed by atoms with Crippen molar-refractivity contribution in [2.75, 3.05) is 13.7 Å². The van der Waals surface area contributed by atoms with Crippen LogP contribution in [0.5, 0.6) is 5.75 Å². The molecule has 3 aromatic rings. The first-order valence-electron chi connectivity index (χ1n) is 8.77. The molecule has 0 radical (unpaired) electrons. The first-order valence-corrected chi connectivity index (χ1v) is 8.77. The molecule has 0 saturated heterocycles. The number of amides is 1. The van der Waals surface area contributed by atoms with Crippen molar-refractivity contribution in [2.45, 2.75) is 13.5 Å². The van der Waals surface area contributed by atoms with Gasteiger partial charge in [0.05, 0.1) is 12.7 Å². The smallest absolute Gasteiger partial charge is 0.325 e. The fourth-order valence-corrected chi connectivity index (χ4v) is 2.65. The van der Waals surface area contributed by atoms with E-state index in [1.165, 1.54) is 19.2 Å². The number of hydrogen-bond donors (Lipinski definition) is 1. The highest BCUT2D eigenvalue weighted by molar-refractivity contribution is 5.98. The number of ether oxygens (including phenoxy) is 2. The van der Waals surface area contributed by atoms with Gasteiger partial charge in [-0.15, -0.1) is 0 Å². The van der Waals surface area contributed by atoms with Crippen molar-refractivity contribution in [1.29, 1.82) is 0 Å². The number of halogens is 1. The normalized spacial score (nSPS) is 10.4. The lowest BCUT2D eigenvalue weighted by molar-refractivity contribution is -0.143. The average molecular weight is 398 g/mol. The number of esters is 1. The van der Waals surface area contributed by atoms with Crippen LogP contribution in [0.25, 0.3) is 11.3 Å². The van der Waals surface area contributed by atoms with Gasteiger partial charge in [-0.3, -0.25) is 9.59 Å². The summed E-state index contributed by atoms with van der Waals surface area (Å²) in [6.07, 6.45) is 0. The fourth-order valence-electron chi connectivity index (χ4n) is 2.65. The number of nitrogens with zero attached hydrogens (tertiary/aromatic N) is 1. The number of rotatable bonds is 7. The van der Waals surface area contributed by atoms with E-state index < -0.39 is 11.9 Å². The first-order chi connectivity index (χ1) is 14.0. The Hall–Kier alpha value is -3.68. The summed E-state index contributed by atoms with van der Waals surface area (Å²) in [5.41, 5.74) is 2.10. The van der Waals surface area contributed by atoms with Crippen LogP contribution in [0.2, 0.25) is 0 Å². The van der Waals surface area contributed by atoms with Gasteiger partial charge in [0.15, 0.2) is 5.76 Å². The number of nitrogens with one attached hydrogen (secondary N) is 1. The maximum absolute atomic E-state index is 13.1. The van der Waals surface area contributed by atoms with E-state index in [1.807, 2.05) is 0 Å². The minimum atomic E-state index is -0.626. The van der Waals surface area contributed by atoms with Crippen LogP contribution in [0.3, 0.4) is 0 Å². The van der Waals surface area contributed by atoms with Crippen molar-refractivity contribution in [3.63, 3.8) is 0 Å². The Kier molecular flexibility index (Phi) is 6.23. The fraction of sp³-hybridized carbons (Fsp3) is 0.190. The number of para-hydroxylation sites is 1. The molecule has 0 atom stereocenters. The van der Waals surface area contributed by atoms with E-state index in [4.69, 9.17) is 14.0 Å². The summed E-state index contributed by atoms with van der Waals surface area (Å²) < 4.78 is 28.6. The van der Waals surface area contributed by atoms with Gasteiger partial charge >= 0.3 is 5.97 Å². The summed E-state index contributed by atoms with van der Waals surface area (Å²) in [5.74, 6) is -0.546. The largest absolute Gasteiger partial charge is 0.496 e. The molecule has 29 heavy (non-hydrogen) atoms. The van der Waals surface area contributed by atoms with Crippen LogP contribution in [-0.4, -0.2) is 30.7 Å². The van der Waals surface area contributed by atoms with Crippen LogP contribution in [0, 0.1) is 12.7 Å². The molecule has 1 N–H and O–H groups in total. The third kappa shape index (κ3) is 4.78. The number of carbonyl (C=O) groups is 2. The molecule has 0 spiro atoms. The van der Waals surface area contributed by atoms with Crippen molar-refractivity contribution in [1.82, 2.24) is 10.5 Å². The molecule has 0 saturated carbocycles. The Balaban J connectivity index is 1.55. The first kappa shape index (κ1) is 20.1. The van der Waals surface area contributed by atoms with Crippen molar-refractivity contribution in [2.24, 2.45) is 0 Å². The summed E-state index contributed by atoms with van der Waals surface area (Å²) in [4.78, 5) is 24.2. The molecule has 0 aliphatic rings. The quantitative estimate of drug-likeness (QED) is 0.615. The third-order valence-corrected chi connectivity index (χ3v) is 4.24. The number of carbonyl (C=O) groups excluding carboxylic acids is 2. The Bertz CT molecular complexity index is 1010. The van der Waals surface area contributed by atoms with Crippen molar-refractivity contribution in [3.05, 3.63) is 71.2 Å². The predicted octanol–water partition coefficient (Wildman–Crippen LogP) is 3.27. The van der Waals surface area contributed by atoms with E-state index in [9.17, 15) is 14.0 Å². The van der Waals surface area contributed by atoms with Crippen LogP contribution < -0.4 is 10.1 Å². The Morgan fingerprint density at radius 1 is 1.14 bits per heavy atom. The van der Waals surface area contributed by atoms with Gasteiger partial charge in [0, 0.05) is 11.1 Å². The van der Waals surface area contributed by atoms with Crippen LogP contribution in [0.4, 0.5) is 4.39 Å². The van der Waals surface area contributed by atoms with E-state index >= 15 is 0 Å². The molecule has 1 amide bonds. The second-order valence-electron chi connectivity index (χ2n) is 6.13. The number of hydrogen-bond acceptors (Lipinski definition) is 6. The van der Waals surface area contributed by atoms with E-state index in [-0.39, 0.29) is 19.0 Å². The molecular formula is C21H19FN2O5. The highest BCUT2D eigenvalue weighted by Crippen LogP contribution is 2.26. The van der Waals surface area contributed by atoms with Gasteiger partial charge in [-0.05, 0) is 43.3 Å². The monoisotopic (exact) mass is 398 g/mol. The highest BCUT2D eigenvalue weighted by atomic mass is 19.1. The minimum absolute atomic E-state index is 0.111. The van der Waals surface area contributed by atoms with Crippen molar-refractivity contribution >= 4 is 11.9 Å². The molecule has 0 fully saturated rings. The summed E-state index contributed by atoms with van der Waals surface area (Å²) in [6, 6.07) is 12.5. The molecule has 8 heteroatoms. The zero-order valence-electron chi connectivity index (χ0n) is 15.9. The minimum Gasteiger partial charge on any atom is -0.496 e. The molecule has 1 aromatic heterocycles. The van der Waals surface area contributed by atoms with Gasteiger partial charge < -0.3 is 19.3 Å². The van der Waals surface area contributed by atoms with Gasteiger partial charge in [-0.25, -0.2) is 4.39 Å². The number of benzene rings is 2. The highest BCUT2D eigenvalue weighted by Gasteiger charge is 2.17. The molecule has 0 unspecified atom stereocenters. The Morgan fingerprint density at radius 3 is 2.59 bits per heavy atom.